The molecule has 0 amide bonds. The van der Waals surface area contributed by atoms with Crippen molar-refractivity contribution in [1.29, 1.82) is 0 Å². The molecule has 0 bridgehead atoms. The zero-order chi connectivity index (χ0) is 16.1. The largest absolute Gasteiger partial charge is 0.398 e. The number of hydrogen-bond acceptors (Lipinski definition) is 5. The quantitative estimate of drug-likeness (QED) is 0.632. The summed E-state index contributed by atoms with van der Waals surface area (Å²) >= 11 is 11.5. The van der Waals surface area contributed by atoms with Gasteiger partial charge in [-0.3, -0.25) is 0 Å². The van der Waals surface area contributed by atoms with Crippen molar-refractivity contribution in [2.24, 2.45) is 5.73 Å². The molecular formula is C15H18ClN5S. The van der Waals surface area contributed by atoms with Crippen LogP contribution in [0.2, 0.25) is 5.02 Å². The summed E-state index contributed by atoms with van der Waals surface area (Å²) in [6, 6.07) is 7.50. The van der Waals surface area contributed by atoms with Crippen LogP contribution in [0.1, 0.15) is 5.56 Å². The molecule has 5 N–H and O–H groups in total. The Morgan fingerprint density at radius 1 is 1.45 bits per heavy atom. The molecule has 116 valence electrons. The van der Waals surface area contributed by atoms with Crippen molar-refractivity contribution in [3.05, 3.63) is 45.6 Å². The lowest BCUT2D eigenvalue weighted by Gasteiger charge is -2.13. The Kier molecular flexibility index (Phi) is 5.54. The van der Waals surface area contributed by atoms with E-state index in [2.05, 4.69) is 20.6 Å². The first-order chi connectivity index (χ1) is 10.6. The minimum atomic E-state index is 0.433. The van der Waals surface area contributed by atoms with Gasteiger partial charge in [0.2, 0.25) is 5.95 Å². The summed E-state index contributed by atoms with van der Waals surface area (Å²) in [4.78, 5) is 7.52. The van der Waals surface area contributed by atoms with E-state index < -0.39 is 0 Å². The summed E-state index contributed by atoms with van der Waals surface area (Å²) in [5.74, 6) is 0.574. The number of H-pyrrole nitrogens is 1. The van der Waals surface area contributed by atoms with Gasteiger partial charge in [0, 0.05) is 29.9 Å². The van der Waals surface area contributed by atoms with Crippen molar-refractivity contribution in [2.75, 3.05) is 26.0 Å². The Labute approximate surface area is 139 Å². The third-order valence-electron chi connectivity index (χ3n) is 3.09. The van der Waals surface area contributed by atoms with E-state index in [0.29, 0.717) is 33.4 Å². The minimum absolute atomic E-state index is 0.433. The van der Waals surface area contributed by atoms with Gasteiger partial charge in [0.05, 0.1) is 11.3 Å². The van der Waals surface area contributed by atoms with Crippen molar-refractivity contribution in [1.82, 2.24) is 15.3 Å². The summed E-state index contributed by atoms with van der Waals surface area (Å²) in [5, 5.41) is 6.63. The number of nitrogens with zero attached hydrogens (tertiary/aromatic N) is 1. The fourth-order valence-electron chi connectivity index (χ4n) is 2.03. The van der Waals surface area contributed by atoms with Crippen LogP contribution in [-0.4, -0.2) is 30.6 Å². The summed E-state index contributed by atoms with van der Waals surface area (Å²) in [6.07, 6.45) is 1.87. The lowest BCUT2D eigenvalue weighted by Crippen LogP contribution is -2.10. The Hall–Kier alpha value is -1.89. The van der Waals surface area contributed by atoms with Crippen LogP contribution < -0.4 is 16.4 Å². The van der Waals surface area contributed by atoms with Crippen LogP contribution in [0.5, 0.6) is 0 Å². The maximum Gasteiger partial charge on any atom is 0.201 e. The van der Waals surface area contributed by atoms with Gasteiger partial charge in [0.1, 0.15) is 4.64 Å². The Morgan fingerprint density at radius 3 is 2.86 bits per heavy atom. The second kappa shape index (κ2) is 7.40. The van der Waals surface area contributed by atoms with Crippen molar-refractivity contribution in [3.8, 4) is 11.3 Å². The van der Waals surface area contributed by atoms with Crippen LogP contribution in [0.25, 0.3) is 17.0 Å². The van der Waals surface area contributed by atoms with Gasteiger partial charge in [0.25, 0.3) is 0 Å². The van der Waals surface area contributed by atoms with Gasteiger partial charge in [-0.2, -0.15) is 0 Å². The molecule has 0 spiro atoms. The highest BCUT2D eigenvalue weighted by molar-refractivity contribution is 7.71. The molecule has 0 aliphatic carbocycles. The summed E-state index contributed by atoms with van der Waals surface area (Å²) in [6.45, 7) is 0.642. The monoisotopic (exact) mass is 335 g/mol. The fourth-order valence-corrected chi connectivity index (χ4v) is 2.54. The topological polar surface area (TPSA) is 78.8 Å². The summed E-state index contributed by atoms with van der Waals surface area (Å²) in [7, 11) is 3.62. The molecule has 0 radical (unpaired) electrons. The number of nitrogens with one attached hydrogen (secondary N) is 3. The van der Waals surface area contributed by atoms with Gasteiger partial charge in [-0.15, -0.1) is 0 Å². The van der Waals surface area contributed by atoms with Gasteiger partial charge in [-0.05, 0) is 25.3 Å². The Balaban J connectivity index is 2.69. The maximum atomic E-state index is 6.19. The Morgan fingerprint density at radius 2 is 2.23 bits per heavy atom. The lowest BCUT2D eigenvalue weighted by molar-refractivity contribution is 0.919. The number of aromatic amines is 1. The summed E-state index contributed by atoms with van der Waals surface area (Å²) in [5.41, 5.74) is 9.15. The van der Waals surface area contributed by atoms with E-state index in [1.54, 1.807) is 7.05 Å². The zero-order valence-electron chi connectivity index (χ0n) is 12.4. The van der Waals surface area contributed by atoms with E-state index in [4.69, 9.17) is 29.6 Å². The molecular weight excluding hydrogens is 318 g/mol. The maximum absolute atomic E-state index is 6.19. The zero-order valence-corrected chi connectivity index (χ0v) is 14.0. The molecule has 0 unspecified atom stereocenters. The fraction of sp³-hybridized carbons (Fsp3) is 0.200. The molecule has 0 aliphatic heterocycles. The Bertz CT molecular complexity index is 754. The molecule has 1 aromatic heterocycles. The van der Waals surface area contributed by atoms with Crippen molar-refractivity contribution < 1.29 is 0 Å². The second-order valence-electron chi connectivity index (χ2n) is 4.62. The van der Waals surface area contributed by atoms with E-state index in [1.165, 1.54) is 0 Å². The molecule has 2 aromatic rings. The normalized spacial score (nSPS) is 11.5. The first-order valence-electron chi connectivity index (χ1n) is 6.75. The number of halogens is 1. The van der Waals surface area contributed by atoms with Crippen molar-refractivity contribution in [3.63, 3.8) is 0 Å². The second-order valence-corrected chi connectivity index (χ2v) is 5.44. The first kappa shape index (κ1) is 16.5. The number of likely N-dealkylation sites (N-methyl/N-ethyl adjacent to an activating group) is 1. The van der Waals surface area contributed by atoms with Crippen LogP contribution in [-0.2, 0) is 0 Å². The van der Waals surface area contributed by atoms with Crippen LogP contribution in [0.3, 0.4) is 0 Å². The van der Waals surface area contributed by atoms with Gasteiger partial charge in [0.15, 0.2) is 0 Å². The van der Waals surface area contributed by atoms with E-state index in [9.17, 15) is 0 Å². The number of anilines is 1. The first-order valence-corrected chi connectivity index (χ1v) is 7.54. The molecule has 7 heteroatoms. The molecule has 1 heterocycles. The molecule has 0 aliphatic rings. The van der Waals surface area contributed by atoms with Crippen LogP contribution in [0.15, 0.2) is 30.3 Å². The van der Waals surface area contributed by atoms with Crippen molar-refractivity contribution >= 4 is 35.5 Å². The minimum Gasteiger partial charge on any atom is -0.398 e. The van der Waals surface area contributed by atoms with Gasteiger partial charge < -0.3 is 21.4 Å². The molecule has 22 heavy (non-hydrogen) atoms. The van der Waals surface area contributed by atoms with E-state index in [0.717, 1.165) is 11.3 Å². The molecule has 0 atom stereocenters. The number of nitrogens with two attached hydrogens (primary N) is 1. The van der Waals surface area contributed by atoms with Gasteiger partial charge >= 0.3 is 0 Å². The van der Waals surface area contributed by atoms with E-state index >= 15 is 0 Å². The number of hydrogen-bond donors (Lipinski definition) is 4. The highest BCUT2D eigenvalue weighted by atomic mass is 35.5. The number of benzene rings is 1. The standard InChI is InChI=1S/C15H18ClN5S/c1-18-7-6-11(17)12-13(9-4-3-5-10(16)8-9)20-15(19-2)21-14(12)22/h3-6,8,18H,7,17H2,1-2H3,(H2,19,20,21,22)/b11-6-. The predicted octanol–water partition coefficient (Wildman–Crippen LogP) is 3.02. The average Bonchev–Trinajstić information content (AvgIpc) is 2.51. The molecule has 0 saturated heterocycles. The number of rotatable bonds is 5. The van der Waals surface area contributed by atoms with Gasteiger partial charge in [-0.25, -0.2) is 4.98 Å². The smallest absolute Gasteiger partial charge is 0.201 e. The average molecular weight is 336 g/mol. The molecule has 0 saturated carbocycles. The number of aromatic nitrogens is 2. The van der Waals surface area contributed by atoms with Gasteiger partial charge in [-0.1, -0.05) is 36.0 Å². The summed E-state index contributed by atoms with van der Waals surface area (Å²) < 4.78 is 0.433. The van der Waals surface area contributed by atoms with Crippen LogP contribution in [0.4, 0.5) is 5.95 Å². The molecule has 1 aromatic carbocycles. The van der Waals surface area contributed by atoms with Crippen molar-refractivity contribution in [2.45, 2.75) is 0 Å². The highest BCUT2D eigenvalue weighted by Gasteiger charge is 2.13. The predicted molar refractivity (Wildman–Crippen MR) is 95.5 cm³/mol. The molecule has 5 nitrogen and oxygen atoms in total. The highest BCUT2D eigenvalue weighted by Crippen LogP contribution is 2.28. The van der Waals surface area contributed by atoms with E-state index in [-0.39, 0.29) is 0 Å². The third kappa shape index (κ3) is 3.65. The van der Waals surface area contributed by atoms with Crippen LogP contribution in [0, 0.1) is 4.64 Å². The molecule has 0 fully saturated rings. The lowest BCUT2D eigenvalue weighted by atomic mass is 10.0. The SMILES string of the molecule is CNC/C=C(\N)c1c(-c2cccc(Cl)c2)[nH]c(NC)nc1=S. The third-order valence-corrected chi connectivity index (χ3v) is 3.62. The van der Waals surface area contributed by atoms with Crippen LogP contribution >= 0.6 is 23.8 Å². The molecule has 2 rings (SSSR count). The van der Waals surface area contributed by atoms with E-state index in [1.807, 2.05) is 37.4 Å².